The van der Waals surface area contributed by atoms with Crippen LogP contribution in [0.3, 0.4) is 0 Å². The molecule has 0 aromatic heterocycles. The second-order valence-corrected chi connectivity index (χ2v) is 7.22. The summed E-state index contributed by atoms with van der Waals surface area (Å²) in [7, 11) is 0. The van der Waals surface area contributed by atoms with Crippen molar-refractivity contribution in [3.63, 3.8) is 0 Å². The summed E-state index contributed by atoms with van der Waals surface area (Å²) in [6.45, 7) is 9.32. The molecular formula is C23H28N2O2. The van der Waals surface area contributed by atoms with E-state index in [9.17, 15) is 4.79 Å². The molecule has 0 aliphatic carbocycles. The molecule has 142 valence electrons. The van der Waals surface area contributed by atoms with Crippen molar-refractivity contribution >= 4 is 17.7 Å². The van der Waals surface area contributed by atoms with Crippen molar-refractivity contribution < 1.29 is 9.53 Å². The molecule has 0 N–H and O–H groups in total. The number of piperazine rings is 1. The standard InChI is InChI=1S/C23H28N2O2/c1-18(2)27-22-9-5-7-20(17-22)10-11-23(26)25-14-12-24(13-15-25)21-8-4-6-19(3)16-21/h4-11,16-18H,12-15H2,1-3H3/b11-10+. The predicted molar refractivity (Wildman–Crippen MR) is 111 cm³/mol. The average molecular weight is 364 g/mol. The number of aryl methyl sites for hydroxylation is 1. The Morgan fingerprint density at radius 1 is 1.04 bits per heavy atom. The topological polar surface area (TPSA) is 32.8 Å². The first-order chi connectivity index (χ1) is 13.0. The quantitative estimate of drug-likeness (QED) is 0.748. The van der Waals surface area contributed by atoms with E-state index in [0.717, 1.165) is 37.5 Å². The Morgan fingerprint density at radius 2 is 1.78 bits per heavy atom. The molecule has 0 radical (unpaired) electrons. The minimum Gasteiger partial charge on any atom is -0.491 e. The molecule has 0 bridgehead atoms. The molecule has 1 heterocycles. The first-order valence-electron chi connectivity index (χ1n) is 9.56. The molecule has 1 aliphatic heterocycles. The molecule has 2 aromatic rings. The van der Waals surface area contributed by atoms with Gasteiger partial charge >= 0.3 is 0 Å². The van der Waals surface area contributed by atoms with Crippen LogP contribution in [0.4, 0.5) is 5.69 Å². The van der Waals surface area contributed by atoms with E-state index in [4.69, 9.17) is 4.74 Å². The van der Waals surface area contributed by atoms with Crippen LogP contribution >= 0.6 is 0 Å². The Hall–Kier alpha value is -2.75. The van der Waals surface area contributed by atoms with Gasteiger partial charge in [-0.05, 0) is 62.2 Å². The summed E-state index contributed by atoms with van der Waals surface area (Å²) in [5, 5.41) is 0. The Balaban J connectivity index is 1.56. The number of anilines is 1. The van der Waals surface area contributed by atoms with Gasteiger partial charge in [0.25, 0.3) is 0 Å². The second kappa shape index (κ2) is 8.76. The number of carbonyl (C=O) groups is 1. The number of ether oxygens (including phenoxy) is 1. The summed E-state index contributed by atoms with van der Waals surface area (Å²) >= 11 is 0. The van der Waals surface area contributed by atoms with E-state index < -0.39 is 0 Å². The summed E-state index contributed by atoms with van der Waals surface area (Å²) in [6, 6.07) is 16.3. The second-order valence-electron chi connectivity index (χ2n) is 7.22. The first kappa shape index (κ1) is 19.0. The fraction of sp³-hybridized carbons (Fsp3) is 0.348. The summed E-state index contributed by atoms with van der Waals surface area (Å²) in [5.41, 5.74) is 3.47. The molecule has 4 heteroatoms. The molecule has 4 nitrogen and oxygen atoms in total. The van der Waals surface area contributed by atoms with Crippen molar-refractivity contribution in [3.8, 4) is 5.75 Å². The summed E-state index contributed by atoms with van der Waals surface area (Å²) in [5.74, 6) is 0.889. The van der Waals surface area contributed by atoms with Crippen LogP contribution in [-0.4, -0.2) is 43.1 Å². The third-order valence-electron chi connectivity index (χ3n) is 4.61. The van der Waals surface area contributed by atoms with E-state index in [-0.39, 0.29) is 12.0 Å². The summed E-state index contributed by atoms with van der Waals surface area (Å²) < 4.78 is 5.71. The van der Waals surface area contributed by atoms with Gasteiger partial charge in [0.2, 0.25) is 5.91 Å². The van der Waals surface area contributed by atoms with Crippen LogP contribution in [0.25, 0.3) is 6.08 Å². The van der Waals surface area contributed by atoms with Gasteiger partial charge in [-0.3, -0.25) is 4.79 Å². The van der Waals surface area contributed by atoms with Crippen molar-refractivity contribution in [2.24, 2.45) is 0 Å². The lowest BCUT2D eigenvalue weighted by Gasteiger charge is -2.35. The van der Waals surface area contributed by atoms with E-state index in [2.05, 4.69) is 36.1 Å². The first-order valence-corrected chi connectivity index (χ1v) is 9.56. The van der Waals surface area contributed by atoms with E-state index in [1.165, 1.54) is 11.3 Å². The lowest BCUT2D eigenvalue weighted by molar-refractivity contribution is -0.126. The Bertz CT molecular complexity index is 806. The normalized spacial score (nSPS) is 14.8. The highest BCUT2D eigenvalue weighted by Gasteiger charge is 2.19. The van der Waals surface area contributed by atoms with Gasteiger partial charge in [0.05, 0.1) is 6.10 Å². The van der Waals surface area contributed by atoms with Gasteiger partial charge in [-0.25, -0.2) is 0 Å². The van der Waals surface area contributed by atoms with Crippen LogP contribution < -0.4 is 9.64 Å². The van der Waals surface area contributed by atoms with Crippen molar-refractivity contribution in [1.82, 2.24) is 4.90 Å². The van der Waals surface area contributed by atoms with Gasteiger partial charge in [0, 0.05) is 37.9 Å². The molecule has 2 aromatic carbocycles. The van der Waals surface area contributed by atoms with E-state index in [1.54, 1.807) is 6.08 Å². The van der Waals surface area contributed by atoms with Crippen LogP contribution in [0.15, 0.2) is 54.6 Å². The van der Waals surface area contributed by atoms with E-state index in [1.807, 2.05) is 49.1 Å². The molecule has 0 saturated carbocycles. The zero-order valence-corrected chi connectivity index (χ0v) is 16.4. The maximum absolute atomic E-state index is 12.5. The number of amides is 1. The third-order valence-corrected chi connectivity index (χ3v) is 4.61. The third kappa shape index (κ3) is 5.36. The monoisotopic (exact) mass is 364 g/mol. The van der Waals surface area contributed by atoms with Crippen LogP contribution in [0.1, 0.15) is 25.0 Å². The summed E-state index contributed by atoms with van der Waals surface area (Å²) in [6.07, 6.45) is 3.66. The highest BCUT2D eigenvalue weighted by molar-refractivity contribution is 5.92. The smallest absolute Gasteiger partial charge is 0.246 e. The van der Waals surface area contributed by atoms with Crippen LogP contribution in [0.5, 0.6) is 5.75 Å². The average Bonchev–Trinajstić information content (AvgIpc) is 2.66. The van der Waals surface area contributed by atoms with Crippen molar-refractivity contribution in [1.29, 1.82) is 0 Å². The molecule has 0 unspecified atom stereocenters. The molecule has 1 amide bonds. The zero-order valence-electron chi connectivity index (χ0n) is 16.4. The maximum Gasteiger partial charge on any atom is 0.246 e. The predicted octanol–water partition coefficient (Wildman–Crippen LogP) is 4.14. The van der Waals surface area contributed by atoms with Crippen LogP contribution in [0.2, 0.25) is 0 Å². The zero-order chi connectivity index (χ0) is 19.2. The Morgan fingerprint density at radius 3 is 2.48 bits per heavy atom. The number of nitrogens with zero attached hydrogens (tertiary/aromatic N) is 2. The Labute approximate surface area is 162 Å². The van der Waals surface area contributed by atoms with E-state index >= 15 is 0 Å². The SMILES string of the molecule is Cc1cccc(N2CCN(C(=O)/C=C/c3cccc(OC(C)C)c3)CC2)c1. The molecule has 3 rings (SSSR count). The van der Waals surface area contributed by atoms with Crippen molar-refractivity contribution in [2.45, 2.75) is 26.9 Å². The lowest BCUT2D eigenvalue weighted by atomic mass is 10.1. The number of carbonyl (C=O) groups excluding carboxylic acids is 1. The van der Waals surface area contributed by atoms with Gasteiger partial charge < -0.3 is 14.5 Å². The molecule has 1 fully saturated rings. The number of hydrogen-bond donors (Lipinski definition) is 0. The number of rotatable bonds is 5. The van der Waals surface area contributed by atoms with Gasteiger partial charge in [-0.1, -0.05) is 24.3 Å². The fourth-order valence-corrected chi connectivity index (χ4v) is 3.25. The highest BCUT2D eigenvalue weighted by atomic mass is 16.5. The minimum absolute atomic E-state index is 0.0640. The Kier molecular flexibility index (Phi) is 6.17. The molecule has 0 spiro atoms. The van der Waals surface area contributed by atoms with Gasteiger partial charge in [0.1, 0.15) is 5.75 Å². The van der Waals surface area contributed by atoms with Gasteiger partial charge in [-0.15, -0.1) is 0 Å². The van der Waals surface area contributed by atoms with E-state index in [0.29, 0.717) is 0 Å². The molecule has 1 aliphatic rings. The van der Waals surface area contributed by atoms with Crippen LogP contribution in [0, 0.1) is 6.92 Å². The van der Waals surface area contributed by atoms with Gasteiger partial charge in [0.15, 0.2) is 0 Å². The molecule has 0 atom stereocenters. The largest absolute Gasteiger partial charge is 0.491 e. The molecular weight excluding hydrogens is 336 g/mol. The minimum atomic E-state index is 0.0640. The molecule has 27 heavy (non-hydrogen) atoms. The van der Waals surface area contributed by atoms with Crippen molar-refractivity contribution in [2.75, 3.05) is 31.1 Å². The van der Waals surface area contributed by atoms with Crippen LogP contribution in [-0.2, 0) is 4.79 Å². The summed E-state index contributed by atoms with van der Waals surface area (Å²) in [4.78, 5) is 16.8. The maximum atomic E-state index is 12.5. The molecule has 1 saturated heterocycles. The fourth-order valence-electron chi connectivity index (χ4n) is 3.25. The van der Waals surface area contributed by atoms with Gasteiger partial charge in [-0.2, -0.15) is 0 Å². The highest BCUT2D eigenvalue weighted by Crippen LogP contribution is 2.19. The number of hydrogen-bond acceptors (Lipinski definition) is 3. The lowest BCUT2D eigenvalue weighted by Crippen LogP contribution is -2.48. The van der Waals surface area contributed by atoms with Crippen molar-refractivity contribution in [3.05, 3.63) is 65.7 Å². The number of benzene rings is 2.